The zero-order valence-corrected chi connectivity index (χ0v) is 17.3. The molecule has 0 aliphatic carbocycles. The van der Waals surface area contributed by atoms with Gasteiger partial charge in [0.15, 0.2) is 11.5 Å². The van der Waals surface area contributed by atoms with Gasteiger partial charge in [0, 0.05) is 27.5 Å². The highest BCUT2D eigenvalue weighted by Crippen LogP contribution is 2.31. The van der Waals surface area contributed by atoms with Gasteiger partial charge in [-0.3, -0.25) is 14.9 Å². The van der Waals surface area contributed by atoms with Crippen molar-refractivity contribution >= 4 is 39.9 Å². The number of nitrogens with one attached hydrogen (secondary N) is 1. The molecule has 0 heterocycles. The van der Waals surface area contributed by atoms with Gasteiger partial charge in [0.25, 0.3) is 11.6 Å². The molecule has 0 radical (unpaired) electrons. The minimum absolute atomic E-state index is 0.0522. The van der Waals surface area contributed by atoms with E-state index in [1.54, 1.807) is 18.2 Å². The minimum atomic E-state index is -0.490. The molecule has 1 N–H and O–H groups in total. The Morgan fingerprint density at radius 1 is 1.07 bits per heavy atom. The summed E-state index contributed by atoms with van der Waals surface area (Å²) >= 11 is 1.91. The first-order valence-corrected chi connectivity index (χ1v) is 9.69. The monoisotopic (exact) mass is 484 g/mol. The molecule has 1 amide bonds. The van der Waals surface area contributed by atoms with Crippen molar-refractivity contribution in [3.63, 3.8) is 0 Å². The van der Waals surface area contributed by atoms with Crippen LogP contribution in [0.15, 0.2) is 36.4 Å². The standard InChI is InChI=1S/C19H21IN2O5/c1-3-9-26-17-8-5-13(11-18(17)27-10-4-2)21-19(23)15-7-6-14(22(24)25)12-16(15)20/h5-8,11-12H,3-4,9-10H2,1-2H3,(H,21,23). The molecule has 0 bridgehead atoms. The number of nitro groups is 1. The van der Waals surface area contributed by atoms with Gasteiger partial charge >= 0.3 is 0 Å². The fraction of sp³-hybridized carbons (Fsp3) is 0.316. The highest BCUT2D eigenvalue weighted by molar-refractivity contribution is 14.1. The first-order chi connectivity index (χ1) is 13.0. The number of benzene rings is 2. The third-order valence-corrected chi connectivity index (χ3v) is 4.43. The van der Waals surface area contributed by atoms with Crippen LogP contribution in [-0.2, 0) is 0 Å². The lowest BCUT2D eigenvalue weighted by Crippen LogP contribution is -2.14. The quantitative estimate of drug-likeness (QED) is 0.306. The summed E-state index contributed by atoms with van der Waals surface area (Å²) in [6.45, 7) is 5.15. The van der Waals surface area contributed by atoms with Crippen LogP contribution in [-0.4, -0.2) is 24.0 Å². The number of halogens is 1. The molecule has 2 rings (SSSR count). The smallest absolute Gasteiger partial charge is 0.270 e. The van der Waals surface area contributed by atoms with Gasteiger partial charge in [0.05, 0.1) is 23.7 Å². The lowest BCUT2D eigenvalue weighted by Gasteiger charge is -2.14. The van der Waals surface area contributed by atoms with Crippen molar-refractivity contribution in [2.75, 3.05) is 18.5 Å². The van der Waals surface area contributed by atoms with Crippen molar-refractivity contribution < 1.29 is 19.2 Å². The summed E-state index contributed by atoms with van der Waals surface area (Å²) < 4.78 is 11.9. The summed E-state index contributed by atoms with van der Waals surface area (Å²) in [6.07, 6.45) is 1.73. The number of hydrogen-bond donors (Lipinski definition) is 1. The van der Waals surface area contributed by atoms with Gasteiger partial charge in [-0.25, -0.2) is 0 Å². The summed E-state index contributed by atoms with van der Waals surface area (Å²) in [5, 5.41) is 13.6. The molecular weight excluding hydrogens is 463 g/mol. The Morgan fingerprint density at radius 2 is 1.74 bits per heavy atom. The highest BCUT2D eigenvalue weighted by Gasteiger charge is 2.16. The molecule has 0 aliphatic rings. The van der Waals surface area contributed by atoms with E-state index in [1.165, 1.54) is 18.2 Å². The predicted molar refractivity (Wildman–Crippen MR) is 112 cm³/mol. The van der Waals surface area contributed by atoms with Gasteiger partial charge in [-0.2, -0.15) is 0 Å². The molecular formula is C19H21IN2O5. The lowest BCUT2D eigenvalue weighted by molar-refractivity contribution is -0.384. The van der Waals surface area contributed by atoms with E-state index < -0.39 is 4.92 Å². The van der Waals surface area contributed by atoms with Crippen LogP contribution in [0.5, 0.6) is 11.5 Å². The topological polar surface area (TPSA) is 90.7 Å². The molecule has 2 aromatic rings. The van der Waals surface area contributed by atoms with Crippen LogP contribution in [0, 0.1) is 13.7 Å². The number of carbonyl (C=O) groups excluding carboxylic acids is 1. The lowest BCUT2D eigenvalue weighted by atomic mass is 10.2. The molecule has 144 valence electrons. The number of ether oxygens (including phenoxy) is 2. The zero-order chi connectivity index (χ0) is 19.8. The van der Waals surface area contributed by atoms with E-state index in [9.17, 15) is 14.9 Å². The Labute approximate surface area is 171 Å². The molecule has 0 aliphatic heterocycles. The van der Waals surface area contributed by atoms with E-state index in [-0.39, 0.29) is 11.6 Å². The number of anilines is 1. The van der Waals surface area contributed by atoms with Gasteiger partial charge in [0.1, 0.15) is 0 Å². The van der Waals surface area contributed by atoms with E-state index >= 15 is 0 Å². The highest BCUT2D eigenvalue weighted by atomic mass is 127. The summed E-state index contributed by atoms with van der Waals surface area (Å²) in [5.74, 6) is 0.854. The Morgan fingerprint density at radius 3 is 2.33 bits per heavy atom. The van der Waals surface area contributed by atoms with E-state index in [0.29, 0.717) is 39.5 Å². The Bertz CT molecular complexity index is 826. The maximum atomic E-state index is 12.5. The zero-order valence-electron chi connectivity index (χ0n) is 15.2. The second kappa shape index (κ2) is 10.1. The fourth-order valence-corrected chi connectivity index (χ4v) is 2.99. The Kier molecular flexibility index (Phi) is 7.83. The van der Waals surface area contributed by atoms with Crippen molar-refractivity contribution in [3.05, 3.63) is 55.6 Å². The molecule has 0 saturated heterocycles. The van der Waals surface area contributed by atoms with Gasteiger partial charge in [-0.15, -0.1) is 0 Å². The van der Waals surface area contributed by atoms with E-state index in [4.69, 9.17) is 9.47 Å². The molecule has 0 atom stereocenters. The van der Waals surface area contributed by atoms with E-state index in [1.807, 2.05) is 36.4 Å². The molecule has 0 unspecified atom stereocenters. The molecule has 27 heavy (non-hydrogen) atoms. The van der Waals surface area contributed by atoms with Crippen LogP contribution in [0.4, 0.5) is 11.4 Å². The minimum Gasteiger partial charge on any atom is -0.490 e. The average Bonchev–Trinajstić information content (AvgIpc) is 2.65. The van der Waals surface area contributed by atoms with E-state index in [2.05, 4.69) is 5.32 Å². The molecule has 7 nitrogen and oxygen atoms in total. The summed E-state index contributed by atoms with van der Waals surface area (Å²) in [4.78, 5) is 22.9. The number of nitro benzene ring substituents is 1. The van der Waals surface area contributed by atoms with Crippen molar-refractivity contribution in [3.8, 4) is 11.5 Å². The fourth-order valence-electron chi connectivity index (χ4n) is 2.24. The first-order valence-electron chi connectivity index (χ1n) is 8.61. The van der Waals surface area contributed by atoms with E-state index in [0.717, 1.165) is 12.8 Å². The van der Waals surface area contributed by atoms with Crippen molar-refractivity contribution in [1.82, 2.24) is 0 Å². The summed E-state index contributed by atoms with van der Waals surface area (Å²) in [7, 11) is 0. The Balaban J connectivity index is 2.20. The molecule has 0 spiro atoms. The maximum Gasteiger partial charge on any atom is 0.270 e. The Hall–Kier alpha value is -2.36. The summed E-state index contributed by atoms with van der Waals surface area (Å²) in [6, 6.07) is 9.35. The van der Waals surface area contributed by atoms with Gasteiger partial charge in [-0.05, 0) is 53.6 Å². The van der Waals surface area contributed by atoms with Crippen molar-refractivity contribution in [2.45, 2.75) is 26.7 Å². The maximum absolute atomic E-state index is 12.5. The molecule has 2 aromatic carbocycles. The number of non-ortho nitro benzene ring substituents is 1. The molecule has 0 aromatic heterocycles. The number of rotatable bonds is 9. The molecule has 0 fully saturated rings. The van der Waals surface area contributed by atoms with Crippen LogP contribution >= 0.6 is 22.6 Å². The van der Waals surface area contributed by atoms with Gasteiger partial charge in [0.2, 0.25) is 0 Å². The number of nitrogens with zero attached hydrogens (tertiary/aromatic N) is 1. The largest absolute Gasteiger partial charge is 0.490 e. The molecule has 0 saturated carbocycles. The predicted octanol–water partition coefficient (Wildman–Crippen LogP) is 5.03. The van der Waals surface area contributed by atoms with Crippen LogP contribution in [0.25, 0.3) is 0 Å². The van der Waals surface area contributed by atoms with Crippen molar-refractivity contribution in [1.29, 1.82) is 0 Å². The van der Waals surface area contributed by atoms with Crippen LogP contribution in [0.1, 0.15) is 37.0 Å². The number of amides is 1. The van der Waals surface area contributed by atoms with Crippen LogP contribution in [0.2, 0.25) is 0 Å². The number of carbonyl (C=O) groups is 1. The van der Waals surface area contributed by atoms with Gasteiger partial charge in [-0.1, -0.05) is 13.8 Å². The van der Waals surface area contributed by atoms with Crippen LogP contribution in [0.3, 0.4) is 0 Å². The normalized spacial score (nSPS) is 10.3. The third kappa shape index (κ3) is 5.81. The van der Waals surface area contributed by atoms with Crippen LogP contribution < -0.4 is 14.8 Å². The van der Waals surface area contributed by atoms with Gasteiger partial charge < -0.3 is 14.8 Å². The number of hydrogen-bond acceptors (Lipinski definition) is 5. The summed E-state index contributed by atoms with van der Waals surface area (Å²) in [5.41, 5.74) is 0.872. The first kappa shape index (κ1) is 20.9. The average molecular weight is 484 g/mol. The third-order valence-electron chi connectivity index (χ3n) is 3.53. The second-order valence-corrected chi connectivity index (χ2v) is 6.90. The molecule has 8 heteroatoms. The SMILES string of the molecule is CCCOc1ccc(NC(=O)c2ccc([N+](=O)[O-])cc2I)cc1OCCC. The second-order valence-electron chi connectivity index (χ2n) is 5.73. The van der Waals surface area contributed by atoms with Crippen molar-refractivity contribution in [2.24, 2.45) is 0 Å².